The van der Waals surface area contributed by atoms with Gasteiger partial charge in [0.1, 0.15) is 17.3 Å². The number of halogens is 1. The summed E-state index contributed by atoms with van der Waals surface area (Å²) < 4.78 is 0. The van der Waals surface area contributed by atoms with Gasteiger partial charge in [0.15, 0.2) is 0 Å². The second-order valence-electron chi connectivity index (χ2n) is 6.25. The molecule has 1 saturated carbocycles. The van der Waals surface area contributed by atoms with E-state index in [1.807, 2.05) is 0 Å². The SMILES string of the molecule is CC(=O)[C@@H]1C(=O)C[C@@](C)(O)[C@H](C(C)=O)[C@@H]1c1ccc(Cl)cc1. The third-order valence-corrected chi connectivity index (χ3v) is 4.65. The highest BCUT2D eigenvalue weighted by molar-refractivity contribution is 6.30. The van der Waals surface area contributed by atoms with E-state index in [0.29, 0.717) is 10.6 Å². The summed E-state index contributed by atoms with van der Waals surface area (Å²) in [4.78, 5) is 36.5. The molecule has 0 aromatic heterocycles. The molecule has 0 spiro atoms. The third kappa shape index (κ3) is 2.99. The highest BCUT2D eigenvalue weighted by Gasteiger charge is 2.53. The van der Waals surface area contributed by atoms with Crippen molar-refractivity contribution in [1.82, 2.24) is 0 Å². The molecule has 4 nitrogen and oxygen atoms in total. The van der Waals surface area contributed by atoms with Crippen LogP contribution in [0.25, 0.3) is 0 Å². The van der Waals surface area contributed by atoms with Crippen LogP contribution in [-0.4, -0.2) is 28.1 Å². The molecule has 1 N–H and O–H groups in total. The van der Waals surface area contributed by atoms with Crippen LogP contribution in [0.1, 0.15) is 38.7 Å². The van der Waals surface area contributed by atoms with E-state index in [1.54, 1.807) is 24.3 Å². The summed E-state index contributed by atoms with van der Waals surface area (Å²) in [5.74, 6) is -3.22. The second-order valence-corrected chi connectivity index (χ2v) is 6.69. The molecule has 1 fully saturated rings. The van der Waals surface area contributed by atoms with Gasteiger partial charge in [-0.05, 0) is 38.5 Å². The van der Waals surface area contributed by atoms with Crippen molar-refractivity contribution < 1.29 is 19.5 Å². The number of benzene rings is 1. The van der Waals surface area contributed by atoms with E-state index >= 15 is 0 Å². The molecule has 1 aromatic rings. The van der Waals surface area contributed by atoms with E-state index in [0.717, 1.165) is 0 Å². The van der Waals surface area contributed by atoms with Crippen LogP contribution in [0.2, 0.25) is 5.02 Å². The van der Waals surface area contributed by atoms with Gasteiger partial charge >= 0.3 is 0 Å². The van der Waals surface area contributed by atoms with E-state index < -0.39 is 23.4 Å². The molecule has 0 radical (unpaired) electrons. The second kappa shape index (κ2) is 5.94. The van der Waals surface area contributed by atoms with E-state index in [-0.39, 0.29) is 23.8 Å². The Morgan fingerprint density at radius 1 is 1.18 bits per heavy atom. The monoisotopic (exact) mass is 322 g/mol. The minimum atomic E-state index is -1.46. The fourth-order valence-corrected chi connectivity index (χ4v) is 3.72. The van der Waals surface area contributed by atoms with Crippen molar-refractivity contribution in [3.8, 4) is 0 Å². The highest BCUT2D eigenvalue weighted by Crippen LogP contribution is 2.46. The molecular weight excluding hydrogens is 304 g/mol. The van der Waals surface area contributed by atoms with Gasteiger partial charge in [0.05, 0.1) is 17.4 Å². The maximum absolute atomic E-state index is 12.4. The summed E-state index contributed by atoms with van der Waals surface area (Å²) in [5.41, 5.74) is -0.794. The Balaban J connectivity index is 2.61. The number of carbonyl (C=O) groups excluding carboxylic acids is 3. The molecule has 1 aliphatic rings. The third-order valence-electron chi connectivity index (χ3n) is 4.40. The van der Waals surface area contributed by atoms with Crippen LogP contribution in [0, 0.1) is 11.8 Å². The van der Waals surface area contributed by atoms with Gasteiger partial charge in [-0.3, -0.25) is 14.4 Å². The van der Waals surface area contributed by atoms with Gasteiger partial charge in [-0.1, -0.05) is 23.7 Å². The number of aliphatic hydroxyl groups is 1. The van der Waals surface area contributed by atoms with E-state index in [4.69, 9.17) is 11.6 Å². The Kier molecular flexibility index (Phi) is 4.54. The maximum atomic E-state index is 12.4. The zero-order valence-corrected chi connectivity index (χ0v) is 13.6. The predicted molar refractivity (Wildman–Crippen MR) is 82.8 cm³/mol. The summed E-state index contributed by atoms with van der Waals surface area (Å²) in [6, 6.07) is 6.71. The lowest BCUT2D eigenvalue weighted by atomic mass is 9.60. The summed E-state index contributed by atoms with van der Waals surface area (Å²) in [7, 11) is 0. The topological polar surface area (TPSA) is 71.4 Å². The summed E-state index contributed by atoms with van der Waals surface area (Å²) >= 11 is 5.88. The van der Waals surface area contributed by atoms with Crippen molar-refractivity contribution in [1.29, 1.82) is 0 Å². The first kappa shape index (κ1) is 16.8. The Morgan fingerprint density at radius 3 is 2.18 bits per heavy atom. The zero-order valence-electron chi connectivity index (χ0n) is 12.8. The summed E-state index contributed by atoms with van der Waals surface area (Å²) in [5, 5.41) is 11.1. The van der Waals surface area contributed by atoms with Crippen LogP contribution in [0.4, 0.5) is 0 Å². The van der Waals surface area contributed by atoms with Crippen molar-refractivity contribution in [3.05, 3.63) is 34.9 Å². The number of hydrogen-bond donors (Lipinski definition) is 1. The molecular formula is C17H19ClO4. The smallest absolute Gasteiger partial charge is 0.146 e. The fourth-order valence-electron chi connectivity index (χ4n) is 3.59. The number of ketones is 3. The predicted octanol–water partition coefficient (Wildman–Crippen LogP) is 2.56. The van der Waals surface area contributed by atoms with Crippen LogP contribution >= 0.6 is 11.6 Å². The highest BCUT2D eigenvalue weighted by atomic mass is 35.5. The maximum Gasteiger partial charge on any atom is 0.146 e. The Bertz CT molecular complexity index is 618. The molecule has 4 atom stereocenters. The molecule has 5 heteroatoms. The molecule has 0 bridgehead atoms. The average Bonchev–Trinajstić information content (AvgIpc) is 2.36. The molecule has 1 aromatic carbocycles. The van der Waals surface area contributed by atoms with Gasteiger partial charge in [0, 0.05) is 17.4 Å². The van der Waals surface area contributed by atoms with Crippen LogP contribution < -0.4 is 0 Å². The van der Waals surface area contributed by atoms with Gasteiger partial charge in [0.2, 0.25) is 0 Å². The Labute approximate surface area is 134 Å². The largest absolute Gasteiger partial charge is 0.389 e. The standard InChI is InChI=1S/C17H19ClO4/c1-9(19)14-13(21)8-17(3,22)16(10(2)20)15(14)11-4-6-12(18)7-5-11/h4-7,14-16,22H,8H2,1-3H3/t14-,15-,16-,17-/m1/s1. The van der Waals surface area contributed by atoms with Crippen molar-refractivity contribution in [2.24, 2.45) is 11.8 Å². The Morgan fingerprint density at radius 2 is 1.73 bits per heavy atom. The number of rotatable bonds is 3. The van der Waals surface area contributed by atoms with Gasteiger partial charge in [-0.2, -0.15) is 0 Å². The van der Waals surface area contributed by atoms with Gasteiger partial charge < -0.3 is 5.11 Å². The van der Waals surface area contributed by atoms with Crippen molar-refractivity contribution in [2.45, 2.75) is 38.7 Å². The van der Waals surface area contributed by atoms with E-state index in [1.165, 1.54) is 20.8 Å². The van der Waals surface area contributed by atoms with Crippen molar-refractivity contribution in [2.75, 3.05) is 0 Å². The first-order chi connectivity index (χ1) is 10.1. The van der Waals surface area contributed by atoms with Crippen LogP contribution in [0.15, 0.2) is 24.3 Å². The summed E-state index contributed by atoms with van der Waals surface area (Å²) in [6.07, 6.45) is -0.189. The lowest BCUT2D eigenvalue weighted by Crippen LogP contribution is -2.53. The van der Waals surface area contributed by atoms with Crippen LogP contribution in [0.5, 0.6) is 0 Å². The first-order valence-electron chi connectivity index (χ1n) is 7.16. The van der Waals surface area contributed by atoms with Crippen molar-refractivity contribution in [3.63, 3.8) is 0 Å². The molecule has 2 rings (SSSR count). The van der Waals surface area contributed by atoms with E-state index in [9.17, 15) is 19.5 Å². The van der Waals surface area contributed by atoms with Crippen LogP contribution in [0.3, 0.4) is 0 Å². The van der Waals surface area contributed by atoms with Gasteiger partial charge in [-0.15, -0.1) is 0 Å². The van der Waals surface area contributed by atoms with Gasteiger partial charge in [-0.25, -0.2) is 0 Å². The minimum Gasteiger partial charge on any atom is -0.389 e. The number of carbonyl (C=O) groups is 3. The fraction of sp³-hybridized carbons (Fsp3) is 0.471. The Hall–Kier alpha value is -1.52. The summed E-state index contributed by atoms with van der Waals surface area (Å²) in [6.45, 7) is 4.22. The lowest BCUT2D eigenvalue weighted by molar-refractivity contribution is -0.151. The number of Topliss-reactive ketones (excluding diaryl/α,β-unsaturated/α-hetero) is 3. The van der Waals surface area contributed by atoms with Gasteiger partial charge in [0.25, 0.3) is 0 Å². The molecule has 22 heavy (non-hydrogen) atoms. The normalized spacial score (nSPS) is 31.9. The molecule has 0 saturated heterocycles. The average molecular weight is 323 g/mol. The molecule has 118 valence electrons. The minimum absolute atomic E-state index is 0.189. The van der Waals surface area contributed by atoms with Crippen LogP contribution in [-0.2, 0) is 14.4 Å². The quantitative estimate of drug-likeness (QED) is 0.868. The zero-order chi connectivity index (χ0) is 16.7. The lowest BCUT2D eigenvalue weighted by Gasteiger charge is -2.44. The molecule has 0 heterocycles. The van der Waals surface area contributed by atoms with E-state index in [2.05, 4.69) is 0 Å². The molecule has 0 aliphatic heterocycles. The first-order valence-corrected chi connectivity index (χ1v) is 7.54. The number of hydrogen-bond acceptors (Lipinski definition) is 4. The molecule has 0 unspecified atom stereocenters. The molecule has 0 amide bonds. The molecule has 1 aliphatic carbocycles. The van der Waals surface area contributed by atoms with Crippen molar-refractivity contribution >= 4 is 29.0 Å².